The molecule has 0 amide bonds. The lowest BCUT2D eigenvalue weighted by atomic mass is 10.2. The first-order chi connectivity index (χ1) is 12.7. The molecule has 4 aromatic heterocycles. The number of hydrogen-bond donors (Lipinski definition) is 3. The number of pyridine rings is 3. The zero-order valence-electron chi connectivity index (χ0n) is 13.7. The molecule has 0 spiro atoms. The number of aliphatic hydroxyl groups excluding tert-OH is 1. The molecule has 3 N–H and O–H groups in total. The third-order valence-electron chi connectivity index (χ3n) is 3.84. The Morgan fingerprint density at radius 2 is 2.00 bits per heavy atom. The molecule has 8 heteroatoms. The molecular weight excluding hydrogens is 337 g/mol. The van der Waals surface area contributed by atoms with Gasteiger partial charge in [-0.15, -0.1) is 0 Å². The Labute approximate surface area is 147 Å². The highest BCUT2D eigenvalue weighted by Gasteiger charge is 2.08. The number of aromatic amines is 1. The van der Waals surface area contributed by atoms with E-state index in [4.69, 9.17) is 4.74 Å². The van der Waals surface area contributed by atoms with Crippen LogP contribution >= 0.6 is 0 Å². The molecule has 4 heterocycles. The summed E-state index contributed by atoms with van der Waals surface area (Å²) in [6.07, 6.45) is 2.37. The summed E-state index contributed by atoms with van der Waals surface area (Å²) in [5, 5.41) is 14.3. The van der Waals surface area contributed by atoms with Crippen molar-refractivity contribution in [3.63, 3.8) is 0 Å². The van der Waals surface area contributed by atoms with Crippen LogP contribution in [-0.4, -0.2) is 44.4 Å². The number of nitrogens with one attached hydrogen (secondary N) is 2. The van der Waals surface area contributed by atoms with Crippen molar-refractivity contribution in [3.8, 4) is 5.88 Å². The van der Waals surface area contributed by atoms with Gasteiger partial charge in [-0.2, -0.15) is 4.98 Å². The Balaban J connectivity index is 1.56. The summed E-state index contributed by atoms with van der Waals surface area (Å²) in [5.41, 5.74) is 1.72. The molecule has 1 atom stereocenters. The van der Waals surface area contributed by atoms with Crippen molar-refractivity contribution in [1.29, 1.82) is 0 Å². The Morgan fingerprint density at radius 1 is 1.12 bits per heavy atom. The molecule has 0 aliphatic rings. The van der Waals surface area contributed by atoms with E-state index in [0.717, 1.165) is 21.9 Å². The molecule has 0 aliphatic heterocycles. The predicted molar refractivity (Wildman–Crippen MR) is 96.4 cm³/mol. The van der Waals surface area contributed by atoms with Crippen molar-refractivity contribution < 1.29 is 14.2 Å². The van der Waals surface area contributed by atoms with Crippen LogP contribution in [0.25, 0.3) is 21.9 Å². The Hall–Kier alpha value is -3.26. The molecule has 0 aromatic carbocycles. The fourth-order valence-corrected chi connectivity index (χ4v) is 2.61. The summed E-state index contributed by atoms with van der Waals surface area (Å²) in [7, 11) is 0. The van der Waals surface area contributed by atoms with E-state index in [1.54, 1.807) is 30.6 Å². The van der Waals surface area contributed by atoms with E-state index in [0.29, 0.717) is 17.5 Å². The zero-order valence-corrected chi connectivity index (χ0v) is 13.7. The molecule has 4 aromatic rings. The molecule has 0 saturated heterocycles. The second-order valence-electron chi connectivity index (χ2n) is 5.74. The predicted octanol–water partition coefficient (Wildman–Crippen LogP) is 2.96. The van der Waals surface area contributed by atoms with Crippen LogP contribution in [0.15, 0.2) is 48.8 Å². The fraction of sp³-hybridized carbons (Fsp3) is 0.167. The normalized spacial score (nSPS) is 12.4. The van der Waals surface area contributed by atoms with E-state index in [9.17, 15) is 9.50 Å². The van der Waals surface area contributed by atoms with Crippen molar-refractivity contribution in [1.82, 2.24) is 19.9 Å². The Kier molecular flexibility index (Phi) is 4.32. The van der Waals surface area contributed by atoms with Crippen molar-refractivity contribution in [2.75, 3.05) is 18.6 Å². The lowest BCUT2D eigenvalue weighted by Crippen LogP contribution is -2.19. The second kappa shape index (κ2) is 6.93. The summed E-state index contributed by atoms with van der Waals surface area (Å²) in [5.74, 6) is 1.44. The van der Waals surface area contributed by atoms with Crippen LogP contribution in [0.4, 0.5) is 16.0 Å². The van der Waals surface area contributed by atoms with Crippen LogP contribution in [-0.2, 0) is 0 Å². The van der Waals surface area contributed by atoms with E-state index >= 15 is 0 Å². The maximum absolute atomic E-state index is 12.3. The number of fused-ring (bicyclic) bond motifs is 3. The second-order valence-corrected chi connectivity index (χ2v) is 5.74. The Bertz CT molecular complexity index is 1050. The lowest BCUT2D eigenvalue weighted by Gasteiger charge is -2.10. The molecule has 0 radical (unpaired) electrons. The standard InChI is InChI=1S/C18H16FN5O2/c19-8-11(25)10-26-17-3-1-2-15(23-17)22-16-5-4-12-13-9-20-7-6-14(13)21-18(12)24-16/h1-7,9,11,25H,8,10H2,(H2,21,22,23,24)/t11-/m1/s1. The van der Waals surface area contributed by atoms with Gasteiger partial charge in [-0.1, -0.05) is 6.07 Å². The summed E-state index contributed by atoms with van der Waals surface area (Å²) < 4.78 is 17.6. The van der Waals surface area contributed by atoms with Gasteiger partial charge in [0, 0.05) is 29.2 Å². The van der Waals surface area contributed by atoms with Crippen molar-refractivity contribution in [2.45, 2.75) is 6.10 Å². The third-order valence-corrected chi connectivity index (χ3v) is 3.84. The first kappa shape index (κ1) is 16.2. The van der Waals surface area contributed by atoms with E-state index in [-0.39, 0.29) is 6.61 Å². The zero-order chi connectivity index (χ0) is 17.9. The number of rotatable bonds is 6. The minimum absolute atomic E-state index is 0.153. The van der Waals surface area contributed by atoms with Gasteiger partial charge in [0.25, 0.3) is 0 Å². The Morgan fingerprint density at radius 3 is 2.88 bits per heavy atom. The van der Waals surface area contributed by atoms with Gasteiger partial charge in [0.2, 0.25) is 5.88 Å². The van der Waals surface area contributed by atoms with E-state index in [2.05, 4.69) is 25.3 Å². The van der Waals surface area contributed by atoms with Gasteiger partial charge in [-0.25, -0.2) is 9.37 Å². The van der Waals surface area contributed by atoms with Gasteiger partial charge in [0.1, 0.15) is 36.7 Å². The van der Waals surface area contributed by atoms with E-state index < -0.39 is 12.8 Å². The first-order valence-electron chi connectivity index (χ1n) is 8.06. The molecule has 0 unspecified atom stereocenters. The highest BCUT2D eigenvalue weighted by atomic mass is 19.1. The van der Waals surface area contributed by atoms with Gasteiger partial charge in [-0.05, 0) is 24.3 Å². The minimum Gasteiger partial charge on any atom is -0.475 e. The topological polar surface area (TPSA) is 96.0 Å². The number of H-pyrrole nitrogens is 1. The van der Waals surface area contributed by atoms with Crippen LogP contribution in [0.5, 0.6) is 5.88 Å². The molecule has 0 fully saturated rings. The van der Waals surface area contributed by atoms with Crippen molar-refractivity contribution in [2.24, 2.45) is 0 Å². The van der Waals surface area contributed by atoms with Gasteiger partial charge in [0.15, 0.2) is 0 Å². The first-order valence-corrected chi connectivity index (χ1v) is 8.06. The SMILES string of the molecule is O[C@H](CF)COc1cccc(Nc2ccc3c(n2)[nH]c2ccncc23)n1. The summed E-state index contributed by atoms with van der Waals surface area (Å²) in [6.45, 7) is -1.01. The monoisotopic (exact) mass is 353 g/mol. The number of halogens is 1. The highest BCUT2D eigenvalue weighted by Crippen LogP contribution is 2.25. The molecule has 0 bridgehead atoms. The average Bonchev–Trinajstić information content (AvgIpc) is 3.04. The number of alkyl halides is 1. The average molecular weight is 353 g/mol. The quantitative estimate of drug-likeness (QED) is 0.493. The molecule has 26 heavy (non-hydrogen) atoms. The largest absolute Gasteiger partial charge is 0.475 e. The maximum Gasteiger partial charge on any atom is 0.215 e. The minimum atomic E-state index is -1.16. The van der Waals surface area contributed by atoms with Crippen LogP contribution in [0.1, 0.15) is 0 Å². The van der Waals surface area contributed by atoms with Crippen molar-refractivity contribution in [3.05, 3.63) is 48.8 Å². The molecular formula is C18H16FN5O2. The van der Waals surface area contributed by atoms with Gasteiger partial charge in [-0.3, -0.25) is 4.98 Å². The summed E-state index contributed by atoms with van der Waals surface area (Å²) >= 11 is 0. The smallest absolute Gasteiger partial charge is 0.215 e. The summed E-state index contributed by atoms with van der Waals surface area (Å²) in [4.78, 5) is 16.2. The number of aromatic nitrogens is 4. The van der Waals surface area contributed by atoms with Crippen LogP contribution in [0.3, 0.4) is 0 Å². The van der Waals surface area contributed by atoms with Gasteiger partial charge < -0.3 is 20.1 Å². The molecule has 0 aliphatic carbocycles. The highest BCUT2D eigenvalue weighted by molar-refractivity contribution is 6.05. The molecule has 132 valence electrons. The van der Waals surface area contributed by atoms with Gasteiger partial charge in [0.05, 0.1) is 5.52 Å². The number of hydrogen-bond acceptors (Lipinski definition) is 6. The van der Waals surface area contributed by atoms with E-state index in [1.165, 1.54) is 0 Å². The maximum atomic E-state index is 12.3. The van der Waals surface area contributed by atoms with Gasteiger partial charge >= 0.3 is 0 Å². The molecule has 0 saturated carbocycles. The number of nitrogens with zero attached hydrogens (tertiary/aromatic N) is 3. The molecule has 7 nitrogen and oxygen atoms in total. The van der Waals surface area contributed by atoms with Crippen LogP contribution in [0.2, 0.25) is 0 Å². The van der Waals surface area contributed by atoms with Crippen LogP contribution in [0, 0.1) is 0 Å². The number of aliphatic hydroxyl groups is 1. The van der Waals surface area contributed by atoms with E-state index in [1.807, 2.05) is 18.2 Å². The van der Waals surface area contributed by atoms with Crippen LogP contribution < -0.4 is 10.1 Å². The number of ether oxygens (including phenoxy) is 1. The lowest BCUT2D eigenvalue weighted by molar-refractivity contribution is 0.0822. The summed E-state index contributed by atoms with van der Waals surface area (Å²) in [6, 6.07) is 10.9. The fourth-order valence-electron chi connectivity index (χ4n) is 2.61. The third kappa shape index (κ3) is 3.27. The van der Waals surface area contributed by atoms with Crippen molar-refractivity contribution >= 4 is 33.6 Å². The number of anilines is 2. The molecule has 4 rings (SSSR count).